The largest absolute Gasteiger partial charge is 0.356 e. The van der Waals surface area contributed by atoms with Crippen LogP contribution in [0.4, 0.5) is 5.82 Å². The van der Waals surface area contributed by atoms with Gasteiger partial charge in [0.05, 0.1) is 0 Å². The van der Waals surface area contributed by atoms with Crippen LogP contribution in [-0.2, 0) is 5.75 Å². The summed E-state index contributed by atoms with van der Waals surface area (Å²) in [5.74, 6) is 1.88. The van der Waals surface area contributed by atoms with Crippen LogP contribution in [0.5, 0.6) is 0 Å². The van der Waals surface area contributed by atoms with Gasteiger partial charge < -0.3 is 10.2 Å². The Bertz CT molecular complexity index is 783. The lowest BCUT2D eigenvalue weighted by Crippen LogP contribution is -2.25. The van der Waals surface area contributed by atoms with Crippen molar-refractivity contribution in [3.05, 3.63) is 47.2 Å². The van der Waals surface area contributed by atoms with E-state index < -0.39 is 0 Å². The van der Waals surface area contributed by atoms with E-state index in [0.717, 1.165) is 53.9 Å². The summed E-state index contributed by atoms with van der Waals surface area (Å²) < 4.78 is 0. The first-order valence-electron chi connectivity index (χ1n) is 9.30. The van der Waals surface area contributed by atoms with Gasteiger partial charge in [0.1, 0.15) is 5.82 Å². The fraction of sp³-hybridized carbons (Fsp3) is 0.450. The molecule has 4 rings (SSSR count). The molecule has 2 heterocycles. The zero-order valence-electron chi connectivity index (χ0n) is 15.1. The first-order chi connectivity index (χ1) is 12.7. The van der Waals surface area contributed by atoms with Gasteiger partial charge in [-0.25, -0.2) is 9.97 Å². The topological polar surface area (TPSA) is 58.1 Å². The number of hydrogen-bond acceptors (Lipinski definition) is 5. The van der Waals surface area contributed by atoms with E-state index in [1.54, 1.807) is 11.8 Å². The number of hydrogen-bond donors (Lipinski definition) is 1. The standard InChI is InChI=1S/C20H24N4OS/c1-14-12-18(24-10-2-3-11-24)23-20(21-14)26-13-15-4-6-16(7-5-15)19(25)22-17-8-9-17/h4-7,12,17H,2-3,8-11,13H2,1H3,(H,22,25). The molecule has 1 amide bonds. The lowest BCUT2D eigenvalue weighted by molar-refractivity contribution is 0.0951. The van der Waals surface area contributed by atoms with Crippen molar-refractivity contribution in [2.75, 3.05) is 18.0 Å². The minimum absolute atomic E-state index is 0.0315. The van der Waals surface area contributed by atoms with E-state index >= 15 is 0 Å². The Balaban J connectivity index is 1.38. The summed E-state index contributed by atoms with van der Waals surface area (Å²) >= 11 is 1.65. The van der Waals surface area contributed by atoms with Crippen molar-refractivity contribution in [1.29, 1.82) is 0 Å². The fourth-order valence-electron chi connectivity index (χ4n) is 3.09. The molecule has 0 radical (unpaired) electrons. The molecule has 1 saturated carbocycles. The Morgan fingerprint density at radius 3 is 2.62 bits per heavy atom. The Kier molecular flexibility index (Phi) is 5.11. The quantitative estimate of drug-likeness (QED) is 0.624. The molecule has 0 atom stereocenters. The van der Waals surface area contributed by atoms with Gasteiger partial charge in [-0.05, 0) is 50.3 Å². The fourth-order valence-corrected chi connectivity index (χ4v) is 3.95. The molecule has 2 aromatic rings. The van der Waals surface area contributed by atoms with E-state index in [9.17, 15) is 4.79 Å². The summed E-state index contributed by atoms with van der Waals surface area (Å²) in [6, 6.07) is 10.3. The van der Waals surface area contributed by atoms with E-state index in [1.165, 1.54) is 18.4 Å². The lowest BCUT2D eigenvalue weighted by atomic mass is 10.1. The number of nitrogens with zero attached hydrogens (tertiary/aromatic N) is 3. The summed E-state index contributed by atoms with van der Waals surface area (Å²) in [4.78, 5) is 23.7. The summed E-state index contributed by atoms with van der Waals surface area (Å²) in [7, 11) is 0. The number of benzene rings is 1. The van der Waals surface area contributed by atoms with E-state index in [1.807, 2.05) is 31.2 Å². The number of carbonyl (C=O) groups is 1. The Morgan fingerprint density at radius 2 is 1.92 bits per heavy atom. The molecule has 1 aliphatic heterocycles. The second-order valence-electron chi connectivity index (χ2n) is 7.08. The van der Waals surface area contributed by atoms with E-state index in [0.29, 0.717) is 6.04 Å². The second-order valence-corrected chi connectivity index (χ2v) is 8.02. The number of rotatable bonds is 6. The van der Waals surface area contributed by atoms with Crippen LogP contribution in [0, 0.1) is 6.92 Å². The molecule has 1 aromatic heterocycles. The molecular weight excluding hydrogens is 344 g/mol. The molecular formula is C20H24N4OS. The number of anilines is 1. The molecule has 0 spiro atoms. The number of carbonyl (C=O) groups excluding carboxylic acids is 1. The molecule has 2 aliphatic rings. The van der Waals surface area contributed by atoms with Crippen LogP contribution in [-0.4, -0.2) is 35.0 Å². The minimum Gasteiger partial charge on any atom is -0.356 e. The van der Waals surface area contributed by atoms with Crippen molar-refractivity contribution in [3.63, 3.8) is 0 Å². The molecule has 1 saturated heterocycles. The van der Waals surface area contributed by atoms with Crippen LogP contribution in [0.25, 0.3) is 0 Å². The summed E-state index contributed by atoms with van der Waals surface area (Å²) in [5, 5.41) is 3.84. The van der Waals surface area contributed by atoms with E-state index in [-0.39, 0.29) is 5.91 Å². The van der Waals surface area contributed by atoms with Crippen molar-refractivity contribution in [2.24, 2.45) is 0 Å². The van der Waals surface area contributed by atoms with Crippen molar-refractivity contribution in [1.82, 2.24) is 15.3 Å². The number of nitrogens with one attached hydrogen (secondary N) is 1. The van der Waals surface area contributed by atoms with Gasteiger partial charge in [0.25, 0.3) is 5.91 Å². The van der Waals surface area contributed by atoms with Gasteiger partial charge in [-0.2, -0.15) is 0 Å². The molecule has 2 fully saturated rings. The van der Waals surface area contributed by atoms with Crippen molar-refractivity contribution in [2.45, 2.75) is 49.6 Å². The third kappa shape index (κ3) is 4.36. The molecule has 1 N–H and O–H groups in total. The highest BCUT2D eigenvalue weighted by Crippen LogP contribution is 2.25. The number of aromatic nitrogens is 2. The van der Waals surface area contributed by atoms with Crippen LogP contribution < -0.4 is 10.2 Å². The summed E-state index contributed by atoms with van der Waals surface area (Å²) in [5.41, 5.74) is 2.91. The highest BCUT2D eigenvalue weighted by Gasteiger charge is 2.23. The molecule has 0 bridgehead atoms. The predicted molar refractivity (Wildman–Crippen MR) is 105 cm³/mol. The van der Waals surface area contributed by atoms with Gasteiger partial charge >= 0.3 is 0 Å². The molecule has 6 heteroatoms. The number of thioether (sulfide) groups is 1. The van der Waals surface area contributed by atoms with Gasteiger partial charge in [0, 0.05) is 42.2 Å². The predicted octanol–water partition coefficient (Wildman–Crippen LogP) is 3.57. The van der Waals surface area contributed by atoms with Crippen molar-refractivity contribution >= 4 is 23.5 Å². The molecule has 0 unspecified atom stereocenters. The first kappa shape index (κ1) is 17.3. The van der Waals surface area contributed by atoms with Crippen molar-refractivity contribution in [3.8, 4) is 0 Å². The van der Waals surface area contributed by atoms with E-state index in [2.05, 4.69) is 21.3 Å². The monoisotopic (exact) mass is 368 g/mol. The average molecular weight is 369 g/mol. The van der Waals surface area contributed by atoms with Crippen LogP contribution in [0.1, 0.15) is 47.3 Å². The number of amides is 1. The Morgan fingerprint density at radius 1 is 1.19 bits per heavy atom. The highest BCUT2D eigenvalue weighted by atomic mass is 32.2. The van der Waals surface area contributed by atoms with Gasteiger partial charge in [0.15, 0.2) is 5.16 Å². The molecule has 5 nitrogen and oxygen atoms in total. The smallest absolute Gasteiger partial charge is 0.251 e. The van der Waals surface area contributed by atoms with Gasteiger partial charge in [-0.15, -0.1) is 0 Å². The maximum absolute atomic E-state index is 12.0. The maximum Gasteiger partial charge on any atom is 0.251 e. The summed E-state index contributed by atoms with van der Waals surface area (Å²) in [6.45, 7) is 4.20. The third-order valence-corrected chi connectivity index (χ3v) is 5.67. The number of aryl methyl sites for hydroxylation is 1. The molecule has 26 heavy (non-hydrogen) atoms. The van der Waals surface area contributed by atoms with Crippen LogP contribution in [0.15, 0.2) is 35.5 Å². The second kappa shape index (κ2) is 7.66. The zero-order valence-corrected chi connectivity index (χ0v) is 15.9. The van der Waals surface area contributed by atoms with E-state index in [4.69, 9.17) is 4.98 Å². The molecule has 136 valence electrons. The first-order valence-corrected chi connectivity index (χ1v) is 10.3. The normalized spacial score (nSPS) is 16.7. The van der Waals surface area contributed by atoms with Crippen LogP contribution >= 0.6 is 11.8 Å². The van der Waals surface area contributed by atoms with Crippen LogP contribution in [0.2, 0.25) is 0 Å². The van der Waals surface area contributed by atoms with Crippen molar-refractivity contribution < 1.29 is 4.79 Å². The highest BCUT2D eigenvalue weighted by molar-refractivity contribution is 7.98. The zero-order chi connectivity index (χ0) is 17.9. The van der Waals surface area contributed by atoms with Crippen LogP contribution in [0.3, 0.4) is 0 Å². The molecule has 1 aromatic carbocycles. The SMILES string of the molecule is Cc1cc(N2CCCC2)nc(SCc2ccc(C(=O)NC3CC3)cc2)n1. The van der Waals surface area contributed by atoms with Gasteiger partial charge in [-0.1, -0.05) is 23.9 Å². The third-order valence-electron chi connectivity index (χ3n) is 4.75. The summed E-state index contributed by atoms with van der Waals surface area (Å²) in [6.07, 6.45) is 4.70. The van der Waals surface area contributed by atoms with Gasteiger partial charge in [-0.3, -0.25) is 4.79 Å². The lowest BCUT2D eigenvalue weighted by Gasteiger charge is -2.17. The Labute approximate surface area is 158 Å². The molecule has 1 aliphatic carbocycles. The van der Waals surface area contributed by atoms with Gasteiger partial charge in [0.2, 0.25) is 0 Å². The Hall–Kier alpha value is -2.08. The maximum atomic E-state index is 12.0. The minimum atomic E-state index is 0.0315. The average Bonchev–Trinajstić information content (AvgIpc) is 3.28.